The number of hydrogen-bond acceptors (Lipinski definition) is 7. The molecule has 1 N–H and O–H groups in total. The second-order valence-electron chi connectivity index (χ2n) is 9.27. The van der Waals surface area contributed by atoms with Crippen LogP contribution in [-0.4, -0.2) is 49.1 Å². The monoisotopic (exact) mass is 448 g/mol. The summed E-state index contributed by atoms with van der Waals surface area (Å²) < 4.78 is 28.8. The molecule has 5 atom stereocenters. The van der Waals surface area contributed by atoms with E-state index in [4.69, 9.17) is 23.7 Å². The largest absolute Gasteiger partial charge is 0.508 e. The van der Waals surface area contributed by atoms with Crippen molar-refractivity contribution in [2.75, 3.05) is 13.9 Å². The number of aryl methyl sites for hydroxylation is 1. The van der Waals surface area contributed by atoms with Crippen LogP contribution in [0.5, 0.6) is 11.5 Å². The molecule has 0 radical (unpaired) electrons. The van der Waals surface area contributed by atoms with E-state index in [9.17, 15) is 9.90 Å². The Bertz CT molecular complexity index is 832. The third-order valence-corrected chi connectivity index (χ3v) is 6.13. The van der Waals surface area contributed by atoms with Crippen molar-refractivity contribution in [3.63, 3.8) is 0 Å². The molecule has 1 unspecified atom stereocenters. The van der Waals surface area contributed by atoms with Crippen LogP contribution in [0.15, 0.2) is 24.3 Å². The van der Waals surface area contributed by atoms with Crippen LogP contribution in [0.3, 0.4) is 0 Å². The Hall–Kier alpha value is -2.09. The average molecular weight is 449 g/mol. The van der Waals surface area contributed by atoms with E-state index in [1.165, 1.54) is 13.2 Å². The van der Waals surface area contributed by atoms with Crippen LogP contribution in [0.25, 0.3) is 0 Å². The van der Waals surface area contributed by atoms with E-state index in [1.54, 1.807) is 6.07 Å². The molecule has 1 fully saturated rings. The van der Waals surface area contributed by atoms with Crippen molar-refractivity contribution in [2.24, 2.45) is 11.8 Å². The number of aromatic hydroxyl groups is 1. The first-order valence-electron chi connectivity index (χ1n) is 11.3. The Morgan fingerprint density at radius 3 is 2.56 bits per heavy atom. The highest BCUT2D eigenvalue weighted by Crippen LogP contribution is 2.36. The van der Waals surface area contributed by atoms with Crippen LogP contribution in [-0.2, 0) is 25.4 Å². The summed E-state index contributed by atoms with van der Waals surface area (Å²) in [5, 5.41) is 10.2. The van der Waals surface area contributed by atoms with E-state index in [-0.39, 0.29) is 48.4 Å². The number of cyclic esters (lactones) is 1. The highest BCUT2D eigenvalue weighted by Gasteiger charge is 2.42. The minimum atomic E-state index is -0.638. The van der Waals surface area contributed by atoms with Crippen molar-refractivity contribution in [2.45, 2.75) is 78.0 Å². The molecule has 7 heteroatoms. The SMILES string of the molecule is COCOc1cc(O)cc2c1C(=O)O[C@@H](C)[C@H](C)/C=C\C(C)[C@H]1OC(C)(C)O[C@H]1CCC2. The number of rotatable bonds is 3. The van der Waals surface area contributed by atoms with Gasteiger partial charge in [-0.3, -0.25) is 0 Å². The Kier molecular flexibility index (Phi) is 7.85. The molecular formula is C25H36O7. The maximum atomic E-state index is 13.2. The van der Waals surface area contributed by atoms with E-state index in [2.05, 4.69) is 19.1 Å². The number of hydrogen-bond donors (Lipinski definition) is 1. The molecular weight excluding hydrogens is 412 g/mol. The van der Waals surface area contributed by atoms with Gasteiger partial charge in [0.1, 0.15) is 23.2 Å². The maximum absolute atomic E-state index is 13.2. The van der Waals surface area contributed by atoms with Crippen molar-refractivity contribution in [1.82, 2.24) is 0 Å². The fourth-order valence-corrected chi connectivity index (χ4v) is 4.30. The summed E-state index contributed by atoms with van der Waals surface area (Å²) in [4.78, 5) is 13.2. The minimum absolute atomic E-state index is 0.00188. The first-order chi connectivity index (χ1) is 15.1. The summed E-state index contributed by atoms with van der Waals surface area (Å²) in [6.45, 7) is 9.85. The van der Waals surface area contributed by atoms with Crippen LogP contribution in [0, 0.1) is 11.8 Å². The Morgan fingerprint density at radius 2 is 1.84 bits per heavy atom. The fourth-order valence-electron chi connectivity index (χ4n) is 4.30. The molecule has 0 aliphatic carbocycles. The van der Waals surface area contributed by atoms with Gasteiger partial charge in [-0.15, -0.1) is 0 Å². The summed E-state index contributed by atoms with van der Waals surface area (Å²) in [7, 11) is 1.50. The van der Waals surface area contributed by atoms with Gasteiger partial charge in [0.15, 0.2) is 12.6 Å². The molecule has 0 amide bonds. The molecule has 178 valence electrons. The van der Waals surface area contributed by atoms with Crippen LogP contribution in [0.2, 0.25) is 0 Å². The molecule has 0 saturated carbocycles. The first kappa shape index (κ1) is 24.6. The summed E-state index contributed by atoms with van der Waals surface area (Å²) in [5.74, 6) is -0.671. The van der Waals surface area contributed by atoms with Gasteiger partial charge in [-0.1, -0.05) is 26.0 Å². The van der Waals surface area contributed by atoms with E-state index < -0.39 is 11.8 Å². The normalized spacial score (nSPS) is 31.7. The van der Waals surface area contributed by atoms with Crippen LogP contribution in [0.1, 0.15) is 63.4 Å². The van der Waals surface area contributed by atoms with Gasteiger partial charge in [0.05, 0.1) is 12.2 Å². The zero-order valence-electron chi connectivity index (χ0n) is 19.9. The smallest absolute Gasteiger partial charge is 0.342 e. The van der Waals surface area contributed by atoms with Crippen molar-refractivity contribution >= 4 is 5.97 Å². The summed E-state index contributed by atoms with van der Waals surface area (Å²) >= 11 is 0. The third-order valence-electron chi connectivity index (χ3n) is 6.13. The number of ether oxygens (including phenoxy) is 5. The van der Waals surface area contributed by atoms with Gasteiger partial charge in [0, 0.05) is 25.0 Å². The Morgan fingerprint density at radius 1 is 1.12 bits per heavy atom. The van der Waals surface area contributed by atoms with E-state index in [1.807, 2.05) is 27.7 Å². The summed E-state index contributed by atoms with van der Waals surface area (Å²) in [6.07, 6.45) is 5.80. The van der Waals surface area contributed by atoms with Gasteiger partial charge < -0.3 is 28.8 Å². The quantitative estimate of drug-likeness (QED) is 0.411. The van der Waals surface area contributed by atoms with Gasteiger partial charge in [-0.05, 0) is 51.7 Å². The lowest BCUT2D eigenvalue weighted by Gasteiger charge is -2.24. The van der Waals surface area contributed by atoms with Crippen LogP contribution < -0.4 is 4.74 Å². The molecule has 0 spiro atoms. The van der Waals surface area contributed by atoms with Crippen molar-refractivity contribution in [3.05, 3.63) is 35.4 Å². The van der Waals surface area contributed by atoms with Gasteiger partial charge >= 0.3 is 5.97 Å². The molecule has 2 aliphatic rings. The van der Waals surface area contributed by atoms with Gasteiger partial charge in [0.2, 0.25) is 0 Å². The lowest BCUT2D eigenvalue weighted by Crippen LogP contribution is -2.29. The fraction of sp³-hybridized carbons (Fsp3) is 0.640. The van der Waals surface area contributed by atoms with Gasteiger partial charge in [-0.2, -0.15) is 0 Å². The lowest BCUT2D eigenvalue weighted by molar-refractivity contribution is -0.149. The van der Waals surface area contributed by atoms with Crippen molar-refractivity contribution < 1.29 is 33.6 Å². The Labute approximate surface area is 190 Å². The number of phenols is 1. The number of benzene rings is 1. The second-order valence-corrected chi connectivity index (χ2v) is 9.27. The molecule has 2 heterocycles. The topological polar surface area (TPSA) is 83.5 Å². The summed E-state index contributed by atoms with van der Waals surface area (Å²) in [5.41, 5.74) is 1.00. The van der Waals surface area contributed by atoms with E-state index in [0.717, 1.165) is 12.8 Å². The second kappa shape index (κ2) is 10.2. The number of methoxy groups -OCH3 is 1. The molecule has 0 aromatic heterocycles. The predicted octanol–water partition coefficient (Wildman–Crippen LogP) is 4.61. The van der Waals surface area contributed by atoms with Crippen LogP contribution >= 0.6 is 0 Å². The molecule has 2 aliphatic heterocycles. The van der Waals surface area contributed by atoms with Gasteiger partial charge in [0.25, 0.3) is 0 Å². The minimum Gasteiger partial charge on any atom is -0.508 e. The third kappa shape index (κ3) is 5.82. The molecule has 1 saturated heterocycles. The molecule has 32 heavy (non-hydrogen) atoms. The molecule has 7 nitrogen and oxygen atoms in total. The molecule has 3 rings (SSSR count). The van der Waals surface area contributed by atoms with E-state index >= 15 is 0 Å². The lowest BCUT2D eigenvalue weighted by atomic mass is 9.92. The standard InChI is InChI=1S/C25H36O7/c1-15-10-11-16(2)23-20(31-25(4,5)32-23)9-7-8-18-12-19(26)13-21(29-14-28-6)22(18)24(27)30-17(15)3/h10-13,15-17,20,23,26H,7-9,14H2,1-6H3/b11-10-/t15-,16?,17+,20+,23-/m1/s1. The highest BCUT2D eigenvalue weighted by atomic mass is 16.8. The molecule has 0 bridgehead atoms. The maximum Gasteiger partial charge on any atom is 0.342 e. The first-order valence-corrected chi connectivity index (χ1v) is 11.3. The number of carbonyl (C=O) groups excluding carboxylic acids is 1. The van der Waals surface area contributed by atoms with Crippen molar-refractivity contribution in [1.29, 1.82) is 0 Å². The average Bonchev–Trinajstić information content (AvgIpc) is 3.03. The van der Waals surface area contributed by atoms with Gasteiger partial charge in [-0.25, -0.2) is 4.79 Å². The number of phenolic OH excluding ortho intramolecular Hbond substituents is 1. The Balaban J connectivity index is 1.97. The predicted molar refractivity (Wildman–Crippen MR) is 120 cm³/mol. The number of fused-ring (bicyclic) bond motifs is 2. The number of esters is 1. The van der Waals surface area contributed by atoms with E-state index in [0.29, 0.717) is 17.5 Å². The molecule has 1 aromatic rings. The summed E-state index contributed by atoms with van der Waals surface area (Å²) in [6, 6.07) is 3.02. The zero-order valence-corrected chi connectivity index (χ0v) is 19.9. The van der Waals surface area contributed by atoms with Crippen molar-refractivity contribution in [3.8, 4) is 11.5 Å². The number of carbonyl (C=O) groups is 1. The van der Waals surface area contributed by atoms with Crippen LogP contribution in [0.4, 0.5) is 0 Å². The molecule has 1 aromatic carbocycles. The highest BCUT2D eigenvalue weighted by molar-refractivity contribution is 5.94. The zero-order chi connectivity index (χ0) is 23.5.